The maximum absolute atomic E-state index is 12.3. The molecule has 2 aromatic heterocycles. The van der Waals surface area contributed by atoms with Crippen LogP contribution in [-0.4, -0.2) is 38.3 Å². The molecular weight excluding hydrogens is 244 g/mol. The van der Waals surface area contributed by atoms with E-state index >= 15 is 0 Å². The molecule has 2 bridgehead atoms. The van der Waals surface area contributed by atoms with Gasteiger partial charge in [-0.15, -0.1) is 5.10 Å². The first-order chi connectivity index (χ1) is 9.31. The van der Waals surface area contributed by atoms with E-state index < -0.39 is 0 Å². The Morgan fingerprint density at radius 1 is 1.32 bits per heavy atom. The Morgan fingerprint density at radius 3 is 3.11 bits per heavy atom. The minimum atomic E-state index is 0.0421. The van der Waals surface area contributed by atoms with Crippen LogP contribution in [-0.2, 0) is 6.54 Å². The minimum absolute atomic E-state index is 0.0421. The normalized spacial score (nSPS) is 25.1. The highest BCUT2D eigenvalue weighted by molar-refractivity contribution is 5.54. The lowest BCUT2D eigenvalue weighted by molar-refractivity contribution is 0.257. The molecule has 4 heterocycles. The van der Waals surface area contributed by atoms with Crippen LogP contribution in [0.2, 0.25) is 0 Å². The highest BCUT2D eigenvalue weighted by Gasteiger charge is 2.31. The van der Waals surface area contributed by atoms with Gasteiger partial charge in [0, 0.05) is 36.3 Å². The lowest BCUT2D eigenvalue weighted by Gasteiger charge is -2.37. The van der Waals surface area contributed by atoms with Crippen LogP contribution in [0.3, 0.4) is 0 Å². The fourth-order valence-electron chi connectivity index (χ4n) is 3.22. The molecule has 0 aromatic carbocycles. The van der Waals surface area contributed by atoms with Crippen LogP contribution in [0.4, 0.5) is 0 Å². The van der Waals surface area contributed by atoms with Crippen LogP contribution in [0, 0.1) is 5.92 Å². The van der Waals surface area contributed by atoms with Gasteiger partial charge in [-0.05, 0) is 35.4 Å². The van der Waals surface area contributed by atoms with Crippen LogP contribution < -0.4 is 10.9 Å². The fraction of sp³-hybridized carbons (Fsp3) is 0.500. The fourth-order valence-corrected chi connectivity index (χ4v) is 3.22. The highest BCUT2D eigenvalue weighted by Crippen LogP contribution is 2.32. The van der Waals surface area contributed by atoms with E-state index in [0.29, 0.717) is 17.7 Å². The van der Waals surface area contributed by atoms with Gasteiger partial charge in [-0.2, -0.15) is 0 Å². The number of hydrogen-bond acceptors (Lipinski definition) is 5. The van der Waals surface area contributed by atoms with Gasteiger partial charge in [0.2, 0.25) is 0 Å². The number of aromatic nitrogens is 5. The Kier molecular flexibility index (Phi) is 2.28. The average Bonchev–Trinajstić information content (AvgIpc) is 2.94. The molecule has 7 nitrogen and oxygen atoms in total. The zero-order chi connectivity index (χ0) is 12.8. The van der Waals surface area contributed by atoms with Crippen molar-refractivity contribution in [2.45, 2.75) is 18.9 Å². The molecule has 0 spiro atoms. The Bertz CT molecular complexity index is 661. The number of nitrogens with zero attached hydrogens (tertiary/aromatic N) is 4. The second kappa shape index (κ2) is 3.99. The monoisotopic (exact) mass is 258 g/mol. The molecule has 2 aromatic rings. The number of fused-ring (bicyclic) bond motifs is 4. The van der Waals surface area contributed by atoms with Gasteiger partial charge < -0.3 is 9.88 Å². The lowest BCUT2D eigenvalue weighted by Crippen LogP contribution is -2.44. The van der Waals surface area contributed by atoms with Crippen molar-refractivity contribution in [1.82, 2.24) is 30.5 Å². The molecule has 1 fully saturated rings. The summed E-state index contributed by atoms with van der Waals surface area (Å²) in [6.07, 6.45) is 1.16. The molecule has 19 heavy (non-hydrogen) atoms. The molecule has 0 amide bonds. The maximum atomic E-state index is 12.3. The van der Waals surface area contributed by atoms with Gasteiger partial charge in [-0.1, -0.05) is 0 Å². The van der Waals surface area contributed by atoms with E-state index in [1.807, 2.05) is 10.6 Å². The van der Waals surface area contributed by atoms with Crippen molar-refractivity contribution in [3.8, 4) is 11.4 Å². The summed E-state index contributed by atoms with van der Waals surface area (Å²) in [6.45, 7) is 2.76. The third-order valence-corrected chi connectivity index (χ3v) is 4.08. The molecule has 4 rings (SSSR count). The van der Waals surface area contributed by atoms with E-state index in [-0.39, 0.29) is 5.56 Å². The Balaban J connectivity index is 1.87. The van der Waals surface area contributed by atoms with Crippen LogP contribution in [0.1, 0.15) is 18.0 Å². The first kappa shape index (κ1) is 10.9. The predicted molar refractivity (Wildman–Crippen MR) is 67.6 cm³/mol. The number of tetrazole rings is 1. The van der Waals surface area contributed by atoms with E-state index in [1.54, 1.807) is 6.07 Å². The molecule has 2 aliphatic rings. The molecule has 2 atom stereocenters. The molecule has 2 aliphatic heterocycles. The Morgan fingerprint density at radius 2 is 2.26 bits per heavy atom. The molecule has 7 heteroatoms. The summed E-state index contributed by atoms with van der Waals surface area (Å²) in [5.41, 5.74) is 1.91. The smallest absolute Gasteiger partial charge is 0.251 e. The summed E-state index contributed by atoms with van der Waals surface area (Å²) in [4.78, 5) is 12.3. The number of aromatic amines is 1. The molecular formula is C12H14N6O. The quantitative estimate of drug-likeness (QED) is 0.735. The number of pyridine rings is 1. The van der Waals surface area contributed by atoms with Crippen LogP contribution in [0.5, 0.6) is 0 Å². The van der Waals surface area contributed by atoms with Crippen molar-refractivity contribution in [2.24, 2.45) is 5.92 Å². The standard InChI is InChI=1S/C12H14N6O/c19-11-3-8(12-14-16-17-15-12)2-10-9-1-7(4-13-5-9)6-18(10)11/h2-3,7,9,13H,1,4-6H2,(H,14,15,16,17)/t7?,9-/m0/s1. The molecule has 0 radical (unpaired) electrons. The van der Waals surface area contributed by atoms with Gasteiger partial charge in [0.05, 0.1) is 0 Å². The maximum Gasteiger partial charge on any atom is 0.251 e. The van der Waals surface area contributed by atoms with E-state index in [1.165, 1.54) is 0 Å². The second-order valence-corrected chi connectivity index (χ2v) is 5.32. The number of piperidine rings is 1. The summed E-state index contributed by atoms with van der Waals surface area (Å²) >= 11 is 0. The zero-order valence-corrected chi connectivity index (χ0v) is 10.3. The number of H-pyrrole nitrogens is 1. The molecule has 0 aliphatic carbocycles. The van der Waals surface area contributed by atoms with Gasteiger partial charge in [0.15, 0.2) is 5.82 Å². The van der Waals surface area contributed by atoms with Crippen molar-refractivity contribution in [2.75, 3.05) is 13.1 Å². The van der Waals surface area contributed by atoms with E-state index in [9.17, 15) is 4.79 Å². The first-order valence-electron chi connectivity index (χ1n) is 6.51. The first-order valence-corrected chi connectivity index (χ1v) is 6.51. The molecule has 98 valence electrons. The minimum Gasteiger partial charge on any atom is -0.316 e. The third kappa shape index (κ3) is 1.69. The lowest BCUT2D eigenvalue weighted by atomic mass is 9.84. The summed E-state index contributed by atoms with van der Waals surface area (Å²) in [6, 6.07) is 3.65. The van der Waals surface area contributed by atoms with Crippen molar-refractivity contribution < 1.29 is 0 Å². The summed E-state index contributed by atoms with van der Waals surface area (Å²) in [7, 11) is 0. The molecule has 1 unspecified atom stereocenters. The zero-order valence-electron chi connectivity index (χ0n) is 10.3. The number of rotatable bonds is 1. The second-order valence-electron chi connectivity index (χ2n) is 5.32. The third-order valence-electron chi connectivity index (χ3n) is 4.08. The summed E-state index contributed by atoms with van der Waals surface area (Å²) in [5, 5.41) is 17.1. The van der Waals surface area contributed by atoms with Gasteiger partial charge in [-0.3, -0.25) is 4.79 Å². The topological polar surface area (TPSA) is 88.5 Å². The number of hydrogen-bond donors (Lipinski definition) is 2. The number of nitrogens with one attached hydrogen (secondary N) is 2. The van der Waals surface area contributed by atoms with E-state index in [4.69, 9.17) is 0 Å². The van der Waals surface area contributed by atoms with E-state index in [2.05, 4.69) is 25.9 Å². The van der Waals surface area contributed by atoms with Crippen LogP contribution in [0.15, 0.2) is 16.9 Å². The Hall–Kier alpha value is -2.02. The SMILES string of the molecule is O=c1cc(-c2nnn[nH]2)cc2n1CC1CNC[C@@H]2C1. The summed E-state index contributed by atoms with van der Waals surface area (Å²) in [5.74, 6) is 1.53. The van der Waals surface area contributed by atoms with Gasteiger partial charge in [0.25, 0.3) is 5.56 Å². The average molecular weight is 258 g/mol. The van der Waals surface area contributed by atoms with Gasteiger partial charge in [0.1, 0.15) is 0 Å². The summed E-state index contributed by atoms with van der Waals surface area (Å²) < 4.78 is 1.91. The molecule has 1 saturated heterocycles. The van der Waals surface area contributed by atoms with E-state index in [0.717, 1.165) is 37.3 Å². The molecule has 0 saturated carbocycles. The highest BCUT2D eigenvalue weighted by atomic mass is 16.1. The van der Waals surface area contributed by atoms with Gasteiger partial charge >= 0.3 is 0 Å². The van der Waals surface area contributed by atoms with Crippen molar-refractivity contribution >= 4 is 0 Å². The predicted octanol–water partition coefficient (Wildman–Crippen LogP) is -0.265. The Labute approximate surface area is 109 Å². The van der Waals surface area contributed by atoms with Crippen molar-refractivity contribution in [3.05, 3.63) is 28.2 Å². The van der Waals surface area contributed by atoms with Crippen molar-refractivity contribution in [1.29, 1.82) is 0 Å². The van der Waals surface area contributed by atoms with Gasteiger partial charge in [-0.25, -0.2) is 5.10 Å². The largest absolute Gasteiger partial charge is 0.316 e. The van der Waals surface area contributed by atoms with Crippen LogP contribution in [0.25, 0.3) is 11.4 Å². The molecule has 2 N–H and O–H groups in total. The van der Waals surface area contributed by atoms with Crippen LogP contribution >= 0.6 is 0 Å². The van der Waals surface area contributed by atoms with Crippen molar-refractivity contribution in [3.63, 3.8) is 0 Å².